The third-order valence-electron chi connectivity index (χ3n) is 3.97. The van der Waals surface area contributed by atoms with E-state index in [1.165, 1.54) is 5.39 Å². The molecule has 0 aliphatic heterocycles. The number of nitrogens with zero attached hydrogens (tertiary/aromatic N) is 2. The zero-order valence-corrected chi connectivity index (χ0v) is 14.5. The first kappa shape index (κ1) is 15.7. The maximum absolute atomic E-state index is 6.38. The van der Waals surface area contributed by atoms with E-state index in [-0.39, 0.29) is 5.89 Å². The van der Waals surface area contributed by atoms with Crippen molar-refractivity contribution < 1.29 is 8.83 Å². The number of rotatable bonds is 3. The minimum absolute atomic E-state index is 0.281. The van der Waals surface area contributed by atoms with Crippen LogP contribution in [0.3, 0.4) is 0 Å². The molecule has 0 aliphatic carbocycles. The normalized spacial score (nSPS) is 12.0. The molecule has 4 nitrogen and oxygen atoms in total. The number of fused-ring (bicyclic) bond motifs is 1. The lowest BCUT2D eigenvalue weighted by Gasteiger charge is -1.99. The van der Waals surface area contributed by atoms with Gasteiger partial charge in [0.05, 0.1) is 5.56 Å². The maximum atomic E-state index is 6.38. The van der Waals surface area contributed by atoms with Crippen molar-refractivity contribution in [1.29, 1.82) is 0 Å². The summed E-state index contributed by atoms with van der Waals surface area (Å²) in [5.74, 6) is 2.21. The lowest BCUT2D eigenvalue weighted by molar-refractivity contribution is 0.502. The van der Waals surface area contributed by atoms with Crippen LogP contribution in [0.4, 0.5) is 0 Å². The molecule has 0 amide bonds. The number of aromatic nitrogens is 2. The highest BCUT2D eigenvalue weighted by atomic mass is 35.5. The summed E-state index contributed by atoms with van der Waals surface area (Å²) in [5.41, 5.74) is 1.75. The Morgan fingerprint density at radius 2 is 1.76 bits per heavy atom. The van der Waals surface area contributed by atoms with E-state index in [9.17, 15) is 0 Å². The van der Waals surface area contributed by atoms with E-state index in [4.69, 9.17) is 20.4 Å². The molecule has 2 aromatic carbocycles. The molecule has 0 saturated heterocycles. The first-order valence-corrected chi connectivity index (χ1v) is 8.25. The van der Waals surface area contributed by atoms with Gasteiger partial charge < -0.3 is 8.83 Å². The molecule has 0 radical (unpaired) electrons. The van der Waals surface area contributed by atoms with Gasteiger partial charge >= 0.3 is 0 Å². The van der Waals surface area contributed by atoms with E-state index in [1.807, 2.05) is 44.2 Å². The fourth-order valence-electron chi connectivity index (χ4n) is 2.78. The lowest BCUT2D eigenvalue weighted by Crippen LogP contribution is -1.79. The van der Waals surface area contributed by atoms with Gasteiger partial charge in [0.15, 0.2) is 0 Å². The van der Waals surface area contributed by atoms with Crippen LogP contribution in [-0.4, -0.2) is 10.2 Å². The summed E-state index contributed by atoms with van der Waals surface area (Å²) >= 11 is 6.38. The van der Waals surface area contributed by atoms with Gasteiger partial charge in [0.1, 0.15) is 16.6 Å². The molecule has 0 spiro atoms. The predicted molar refractivity (Wildman–Crippen MR) is 99.1 cm³/mol. The van der Waals surface area contributed by atoms with Crippen LogP contribution in [0.2, 0.25) is 0 Å². The minimum Gasteiger partial charge on any atom is -0.466 e. The van der Waals surface area contributed by atoms with E-state index in [1.54, 1.807) is 0 Å². The standard InChI is InChI=1S/C20H15ClN2O2/c1-12-9-17(13(2)24-12)19-22-23-20(25-19)18(21)11-14-7-8-15-5-3-4-6-16(15)10-14/h3-11H,1-2H3/b18-11-. The number of hydrogen-bond acceptors (Lipinski definition) is 4. The van der Waals surface area contributed by atoms with Crippen molar-refractivity contribution in [3.63, 3.8) is 0 Å². The van der Waals surface area contributed by atoms with Crippen LogP contribution in [0, 0.1) is 13.8 Å². The van der Waals surface area contributed by atoms with Gasteiger partial charge in [-0.15, -0.1) is 10.2 Å². The van der Waals surface area contributed by atoms with E-state index >= 15 is 0 Å². The molecule has 5 heteroatoms. The number of furan rings is 1. The van der Waals surface area contributed by atoms with Crippen molar-refractivity contribution in [2.45, 2.75) is 13.8 Å². The van der Waals surface area contributed by atoms with Gasteiger partial charge in [0.2, 0.25) is 0 Å². The molecule has 0 saturated carbocycles. The highest BCUT2D eigenvalue weighted by molar-refractivity contribution is 6.50. The van der Waals surface area contributed by atoms with Crippen molar-refractivity contribution in [2.75, 3.05) is 0 Å². The van der Waals surface area contributed by atoms with Crippen LogP contribution in [0.25, 0.3) is 33.3 Å². The molecule has 0 aliphatic rings. The van der Waals surface area contributed by atoms with Crippen molar-refractivity contribution in [3.05, 3.63) is 71.5 Å². The summed E-state index contributed by atoms with van der Waals surface area (Å²) in [6.07, 6.45) is 1.82. The van der Waals surface area contributed by atoms with Crippen molar-refractivity contribution >= 4 is 33.5 Å². The largest absolute Gasteiger partial charge is 0.466 e. The van der Waals surface area contributed by atoms with E-state index in [0.29, 0.717) is 10.9 Å². The molecule has 0 N–H and O–H groups in total. The van der Waals surface area contributed by atoms with Crippen LogP contribution >= 0.6 is 11.6 Å². The van der Waals surface area contributed by atoms with Crippen molar-refractivity contribution in [3.8, 4) is 11.5 Å². The number of benzene rings is 2. The Bertz CT molecular complexity index is 1090. The molecule has 0 atom stereocenters. The van der Waals surface area contributed by atoms with Crippen LogP contribution in [-0.2, 0) is 0 Å². The molecule has 124 valence electrons. The van der Waals surface area contributed by atoms with Crippen molar-refractivity contribution in [2.24, 2.45) is 0 Å². The predicted octanol–water partition coefficient (Wildman–Crippen LogP) is 5.84. The second kappa shape index (κ2) is 6.22. The SMILES string of the molecule is Cc1cc(-c2nnc(/C(Cl)=C/c3ccc4ccccc4c3)o2)c(C)o1. The van der Waals surface area contributed by atoms with Gasteiger partial charge in [-0.2, -0.15) is 0 Å². The number of aryl methyl sites for hydroxylation is 2. The molecule has 4 rings (SSSR count). The Labute approximate surface area is 149 Å². The van der Waals surface area contributed by atoms with E-state index in [0.717, 1.165) is 28.0 Å². The summed E-state index contributed by atoms with van der Waals surface area (Å²) in [6, 6.07) is 16.2. The van der Waals surface area contributed by atoms with Gasteiger partial charge in [-0.3, -0.25) is 0 Å². The zero-order valence-electron chi connectivity index (χ0n) is 13.8. The number of halogens is 1. The van der Waals surface area contributed by atoms with Gasteiger partial charge in [0.25, 0.3) is 11.8 Å². The highest BCUT2D eigenvalue weighted by Crippen LogP contribution is 2.29. The molecule has 2 heterocycles. The molecule has 2 aromatic heterocycles. The second-order valence-corrected chi connectivity index (χ2v) is 6.25. The number of hydrogen-bond donors (Lipinski definition) is 0. The highest BCUT2D eigenvalue weighted by Gasteiger charge is 2.16. The molecule has 4 aromatic rings. The average Bonchev–Trinajstić information content (AvgIpc) is 3.21. The van der Waals surface area contributed by atoms with Crippen LogP contribution in [0.5, 0.6) is 0 Å². The third-order valence-corrected chi connectivity index (χ3v) is 4.24. The van der Waals surface area contributed by atoms with Crippen LogP contribution in [0.15, 0.2) is 57.4 Å². The minimum atomic E-state index is 0.281. The molecule has 25 heavy (non-hydrogen) atoms. The van der Waals surface area contributed by atoms with Gasteiger partial charge in [0, 0.05) is 0 Å². The molecular formula is C20H15ClN2O2. The van der Waals surface area contributed by atoms with Crippen molar-refractivity contribution in [1.82, 2.24) is 10.2 Å². The summed E-state index contributed by atoms with van der Waals surface area (Å²) in [7, 11) is 0. The topological polar surface area (TPSA) is 52.1 Å². The van der Waals surface area contributed by atoms with Gasteiger partial charge in [-0.05, 0) is 48.4 Å². The van der Waals surface area contributed by atoms with Crippen LogP contribution < -0.4 is 0 Å². The van der Waals surface area contributed by atoms with Gasteiger partial charge in [-0.25, -0.2) is 0 Å². The monoisotopic (exact) mass is 350 g/mol. The summed E-state index contributed by atoms with van der Waals surface area (Å²) in [5, 5.41) is 10.8. The Balaban J connectivity index is 1.67. The quantitative estimate of drug-likeness (QED) is 0.466. The fraction of sp³-hybridized carbons (Fsp3) is 0.100. The summed E-state index contributed by atoms with van der Waals surface area (Å²) in [6.45, 7) is 3.74. The summed E-state index contributed by atoms with van der Waals surface area (Å²) < 4.78 is 11.2. The van der Waals surface area contributed by atoms with Gasteiger partial charge in [-0.1, -0.05) is 48.0 Å². The second-order valence-electron chi connectivity index (χ2n) is 5.84. The van der Waals surface area contributed by atoms with E-state index < -0.39 is 0 Å². The Hall–Kier alpha value is -2.85. The molecule has 0 unspecified atom stereocenters. The first-order valence-electron chi connectivity index (χ1n) is 7.87. The lowest BCUT2D eigenvalue weighted by atomic mass is 10.1. The summed E-state index contributed by atoms with van der Waals surface area (Å²) in [4.78, 5) is 0. The van der Waals surface area contributed by atoms with E-state index in [2.05, 4.69) is 34.5 Å². The maximum Gasteiger partial charge on any atom is 0.259 e. The average molecular weight is 351 g/mol. The van der Waals surface area contributed by atoms with Crippen LogP contribution in [0.1, 0.15) is 23.0 Å². The Kier molecular flexibility index (Phi) is 3.90. The molecule has 0 fully saturated rings. The third kappa shape index (κ3) is 3.08. The molecular weight excluding hydrogens is 336 g/mol. The Morgan fingerprint density at radius 1 is 0.960 bits per heavy atom. The Morgan fingerprint density at radius 3 is 2.52 bits per heavy atom. The fourth-order valence-corrected chi connectivity index (χ4v) is 2.98. The zero-order chi connectivity index (χ0) is 17.4. The smallest absolute Gasteiger partial charge is 0.259 e. The molecule has 0 bridgehead atoms. The first-order chi connectivity index (χ1) is 12.1.